The van der Waals surface area contributed by atoms with Crippen molar-refractivity contribution in [1.29, 1.82) is 5.26 Å². The summed E-state index contributed by atoms with van der Waals surface area (Å²) < 4.78 is 12.3. The summed E-state index contributed by atoms with van der Waals surface area (Å²) in [6, 6.07) is 5.90. The van der Waals surface area contributed by atoms with Crippen LogP contribution in [0.2, 0.25) is 0 Å². The lowest BCUT2D eigenvalue weighted by Gasteiger charge is -2.32. The molecule has 0 saturated carbocycles. The van der Waals surface area contributed by atoms with Crippen molar-refractivity contribution in [2.45, 2.75) is 59.7 Å². The Kier molecular flexibility index (Phi) is 5.65. The fraction of sp³-hybridized carbons (Fsp3) is 0.500. The van der Waals surface area contributed by atoms with Gasteiger partial charge < -0.3 is 14.6 Å². The molecule has 1 saturated heterocycles. The van der Waals surface area contributed by atoms with Crippen molar-refractivity contribution >= 4 is 19.1 Å². The van der Waals surface area contributed by atoms with Crippen LogP contribution in [0.25, 0.3) is 6.08 Å². The smallest absolute Gasteiger partial charge is 0.400 e. The highest BCUT2D eigenvalue weighted by Gasteiger charge is 2.52. The molecule has 0 bridgehead atoms. The molecule has 0 aromatic heterocycles. The third kappa shape index (κ3) is 4.17. The van der Waals surface area contributed by atoms with Crippen molar-refractivity contribution in [3.63, 3.8) is 0 Å². The Bertz CT molecular complexity index is 752. The number of benzene rings is 1. The first-order valence-corrected chi connectivity index (χ1v) is 8.79. The fourth-order valence-corrected chi connectivity index (χ4v) is 2.88. The zero-order valence-electron chi connectivity index (χ0n) is 16.7. The summed E-state index contributed by atoms with van der Waals surface area (Å²) in [5.41, 5.74) is 3.57. The van der Waals surface area contributed by atoms with Gasteiger partial charge in [0.2, 0.25) is 5.91 Å². The number of rotatable bonds is 4. The minimum atomic E-state index is -0.540. The molecule has 6 heteroatoms. The lowest BCUT2D eigenvalue weighted by atomic mass is 9.76. The molecule has 138 valence electrons. The minimum Gasteiger partial charge on any atom is -0.400 e. The Hall–Kier alpha value is -2.10. The van der Waals surface area contributed by atoms with Crippen LogP contribution in [0.4, 0.5) is 0 Å². The maximum atomic E-state index is 11.4. The number of amides is 1. The zero-order chi connectivity index (χ0) is 19.7. The molecule has 1 aromatic carbocycles. The molecule has 1 aliphatic heterocycles. The molecule has 0 atom stereocenters. The molecule has 1 heterocycles. The number of carbonyl (C=O) groups is 1. The predicted molar refractivity (Wildman–Crippen MR) is 103 cm³/mol. The Morgan fingerprint density at radius 1 is 1.19 bits per heavy atom. The predicted octanol–water partition coefficient (Wildman–Crippen LogP) is 3.33. The topological polar surface area (TPSA) is 71.4 Å². The average Bonchev–Trinajstić information content (AvgIpc) is 2.73. The fourth-order valence-electron chi connectivity index (χ4n) is 2.88. The number of aryl methyl sites for hydroxylation is 2. The SMILES string of the molecule is CC(=O)NCC(=Cc1c(C)cc(C#N)cc1C)B1OC(C)(C)C(C)(C)O1. The van der Waals surface area contributed by atoms with Crippen LogP contribution in [0.1, 0.15) is 56.9 Å². The number of nitrogens with zero attached hydrogens (tertiary/aromatic N) is 1. The van der Waals surface area contributed by atoms with Gasteiger partial charge in [0, 0.05) is 13.5 Å². The van der Waals surface area contributed by atoms with Crippen LogP contribution in [0.5, 0.6) is 0 Å². The highest BCUT2D eigenvalue weighted by molar-refractivity contribution is 6.56. The summed E-state index contributed by atoms with van der Waals surface area (Å²) in [6.45, 7) is 13.8. The van der Waals surface area contributed by atoms with Gasteiger partial charge in [0.05, 0.1) is 22.8 Å². The van der Waals surface area contributed by atoms with Crippen LogP contribution in [-0.2, 0) is 14.1 Å². The summed E-state index contributed by atoms with van der Waals surface area (Å²) in [4.78, 5) is 11.4. The van der Waals surface area contributed by atoms with Crippen LogP contribution in [0.15, 0.2) is 17.6 Å². The van der Waals surface area contributed by atoms with E-state index in [2.05, 4.69) is 11.4 Å². The summed E-state index contributed by atoms with van der Waals surface area (Å²) in [5, 5.41) is 12.0. The number of nitrogens with one attached hydrogen (secondary N) is 1. The molecule has 0 unspecified atom stereocenters. The molecule has 0 aliphatic carbocycles. The third-order valence-corrected chi connectivity index (χ3v) is 5.15. The highest BCUT2D eigenvalue weighted by atomic mass is 16.7. The van der Waals surface area contributed by atoms with Crippen molar-refractivity contribution in [3.8, 4) is 6.07 Å². The Balaban J connectivity index is 2.45. The number of hydrogen-bond acceptors (Lipinski definition) is 4. The number of hydrogen-bond donors (Lipinski definition) is 1. The molecule has 1 aromatic rings. The van der Waals surface area contributed by atoms with E-state index in [4.69, 9.17) is 14.6 Å². The average molecular weight is 354 g/mol. The van der Waals surface area contributed by atoms with E-state index in [9.17, 15) is 4.79 Å². The summed E-state index contributed by atoms with van der Waals surface area (Å²) in [6.07, 6.45) is 2.00. The Morgan fingerprint density at radius 2 is 1.69 bits per heavy atom. The highest BCUT2D eigenvalue weighted by Crippen LogP contribution is 2.39. The molecule has 1 amide bonds. The Morgan fingerprint density at radius 3 is 2.12 bits per heavy atom. The van der Waals surface area contributed by atoms with Gasteiger partial charge in [-0.15, -0.1) is 0 Å². The van der Waals surface area contributed by atoms with E-state index >= 15 is 0 Å². The molecule has 0 spiro atoms. The van der Waals surface area contributed by atoms with Crippen molar-refractivity contribution in [3.05, 3.63) is 39.9 Å². The molecule has 26 heavy (non-hydrogen) atoms. The Labute approximate surface area is 156 Å². The first kappa shape index (κ1) is 20.2. The summed E-state index contributed by atoms with van der Waals surface area (Å²) in [7, 11) is -0.540. The largest absolute Gasteiger partial charge is 0.492 e. The van der Waals surface area contributed by atoms with E-state index in [-0.39, 0.29) is 5.91 Å². The van der Waals surface area contributed by atoms with Crippen LogP contribution >= 0.6 is 0 Å². The zero-order valence-corrected chi connectivity index (χ0v) is 16.7. The van der Waals surface area contributed by atoms with Gasteiger partial charge in [-0.25, -0.2) is 0 Å². The second-order valence-corrected chi connectivity index (χ2v) is 7.85. The van der Waals surface area contributed by atoms with Gasteiger partial charge in [0.15, 0.2) is 0 Å². The molecule has 1 aliphatic rings. The van der Waals surface area contributed by atoms with E-state index in [1.807, 2.05) is 59.8 Å². The minimum absolute atomic E-state index is 0.110. The van der Waals surface area contributed by atoms with Crippen LogP contribution in [-0.4, -0.2) is 30.8 Å². The second-order valence-electron chi connectivity index (χ2n) is 7.85. The van der Waals surface area contributed by atoms with E-state index in [0.29, 0.717) is 12.1 Å². The lowest BCUT2D eigenvalue weighted by molar-refractivity contribution is -0.118. The summed E-state index contributed by atoms with van der Waals surface area (Å²) >= 11 is 0. The van der Waals surface area contributed by atoms with Gasteiger partial charge in [-0.1, -0.05) is 6.08 Å². The van der Waals surface area contributed by atoms with Crippen molar-refractivity contribution in [1.82, 2.24) is 5.32 Å². The van der Waals surface area contributed by atoms with Crippen LogP contribution in [0.3, 0.4) is 0 Å². The maximum absolute atomic E-state index is 11.4. The van der Waals surface area contributed by atoms with E-state index < -0.39 is 18.3 Å². The van der Waals surface area contributed by atoms with Crippen LogP contribution < -0.4 is 5.32 Å². The maximum Gasteiger partial charge on any atom is 0.492 e. The lowest BCUT2D eigenvalue weighted by Crippen LogP contribution is -2.41. The molecule has 1 N–H and O–H groups in total. The van der Waals surface area contributed by atoms with Crippen LogP contribution in [0, 0.1) is 25.2 Å². The van der Waals surface area contributed by atoms with Gasteiger partial charge in [0.25, 0.3) is 0 Å². The van der Waals surface area contributed by atoms with Gasteiger partial charge >= 0.3 is 7.12 Å². The number of nitriles is 1. The van der Waals surface area contributed by atoms with Gasteiger partial charge in [-0.2, -0.15) is 5.26 Å². The second kappa shape index (κ2) is 7.26. The van der Waals surface area contributed by atoms with Gasteiger partial charge in [-0.05, 0) is 75.8 Å². The van der Waals surface area contributed by atoms with Gasteiger partial charge in [0.1, 0.15) is 0 Å². The van der Waals surface area contributed by atoms with Crippen molar-refractivity contribution in [2.24, 2.45) is 0 Å². The molecular formula is C20H27BN2O3. The van der Waals surface area contributed by atoms with Crippen molar-refractivity contribution < 1.29 is 14.1 Å². The van der Waals surface area contributed by atoms with E-state index in [0.717, 1.165) is 22.2 Å². The third-order valence-electron chi connectivity index (χ3n) is 5.15. The molecule has 5 nitrogen and oxygen atoms in total. The molecule has 0 radical (unpaired) electrons. The molecule has 2 rings (SSSR count). The van der Waals surface area contributed by atoms with E-state index in [1.165, 1.54) is 6.92 Å². The number of carbonyl (C=O) groups excluding carboxylic acids is 1. The van der Waals surface area contributed by atoms with E-state index in [1.54, 1.807) is 0 Å². The van der Waals surface area contributed by atoms with Gasteiger partial charge in [-0.3, -0.25) is 4.79 Å². The molecule has 1 fully saturated rings. The molecular weight excluding hydrogens is 327 g/mol. The monoisotopic (exact) mass is 354 g/mol. The first-order valence-electron chi connectivity index (χ1n) is 8.79. The normalized spacial score (nSPS) is 18.5. The summed E-state index contributed by atoms with van der Waals surface area (Å²) in [5.74, 6) is -0.110. The first-order chi connectivity index (χ1) is 12.0. The quantitative estimate of drug-likeness (QED) is 0.842. The van der Waals surface area contributed by atoms with Crippen molar-refractivity contribution in [2.75, 3.05) is 6.54 Å². The standard InChI is InChI=1S/C20H27BN2O3/c1-13-8-16(11-22)9-14(2)18(13)10-17(12-23-15(3)24)21-25-19(4,5)20(6,7)26-21/h8-10H,12H2,1-7H3,(H,23,24).